The van der Waals surface area contributed by atoms with Gasteiger partial charge in [0.05, 0.1) is 6.61 Å². The van der Waals surface area contributed by atoms with Gasteiger partial charge in [-0.1, -0.05) is 0 Å². The predicted octanol–water partition coefficient (Wildman–Crippen LogP) is 0.250. The summed E-state index contributed by atoms with van der Waals surface area (Å²) in [6, 6.07) is 0. The molecule has 0 aromatic heterocycles. The quantitative estimate of drug-likeness (QED) is 0.721. The number of likely N-dealkylation sites (tertiary alicyclic amines) is 1. The first-order chi connectivity index (χ1) is 8.38. The molecule has 2 rings (SSSR count). The second-order valence-electron chi connectivity index (χ2n) is 5.33. The van der Waals surface area contributed by atoms with Crippen LogP contribution in [-0.4, -0.2) is 75.9 Å². The smallest absolute Gasteiger partial charge is 0.0589 e. The molecule has 2 aliphatic heterocycles. The fraction of sp³-hybridized carbons (Fsp3) is 1.00. The van der Waals surface area contributed by atoms with Crippen molar-refractivity contribution in [3.8, 4) is 0 Å². The summed E-state index contributed by atoms with van der Waals surface area (Å²) in [7, 11) is 1.79. The van der Waals surface area contributed by atoms with Crippen LogP contribution in [0.5, 0.6) is 0 Å². The molecule has 0 aromatic rings. The van der Waals surface area contributed by atoms with Crippen LogP contribution in [0, 0.1) is 5.92 Å². The molecule has 1 unspecified atom stereocenters. The van der Waals surface area contributed by atoms with E-state index >= 15 is 0 Å². The van der Waals surface area contributed by atoms with Crippen LogP contribution in [0.3, 0.4) is 0 Å². The van der Waals surface area contributed by atoms with Crippen molar-refractivity contribution in [3.63, 3.8) is 0 Å². The number of rotatable bonds is 6. The van der Waals surface area contributed by atoms with Crippen molar-refractivity contribution in [3.05, 3.63) is 0 Å². The fourth-order valence-corrected chi connectivity index (χ4v) is 2.87. The lowest BCUT2D eigenvalue weighted by atomic mass is 10.0. The molecule has 100 valence electrons. The van der Waals surface area contributed by atoms with E-state index in [0.717, 1.165) is 19.1 Å². The van der Waals surface area contributed by atoms with E-state index in [4.69, 9.17) is 4.74 Å². The Morgan fingerprint density at radius 3 is 2.71 bits per heavy atom. The zero-order chi connectivity index (χ0) is 11.9. The molecule has 0 bridgehead atoms. The Hall–Kier alpha value is -0.160. The van der Waals surface area contributed by atoms with Crippen LogP contribution in [0.1, 0.15) is 12.8 Å². The normalized spacial score (nSPS) is 27.7. The van der Waals surface area contributed by atoms with Crippen LogP contribution in [0.25, 0.3) is 0 Å². The second-order valence-corrected chi connectivity index (χ2v) is 5.33. The van der Waals surface area contributed by atoms with E-state index in [-0.39, 0.29) is 0 Å². The minimum absolute atomic E-state index is 0.879. The van der Waals surface area contributed by atoms with Gasteiger partial charge in [0.2, 0.25) is 0 Å². The van der Waals surface area contributed by atoms with Gasteiger partial charge in [-0.25, -0.2) is 0 Å². The van der Waals surface area contributed by atoms with E-state index in [1.807, 2.05) is 0 Å². The molecular weight excluding hydrogens is 214 g/mol. The van der Waals surface area contributed by atoms with Crippen LogP contribution < -0.4 is 5.32 Å². The maximum Gasteiger partial charge on any atom is 0.0589 e. The Morgan fingerprint density at radius 1 is 1.12 bits per heavy atom. The summed E-state index contributed by atoms with van der Waals surface area (Å²) < 4.78 is 5.14. The highest BCUT2D eigenvalue weighted by molar-refractivity contribution is 4.77. The molecule has 0 radical (unpaired) electrons. The van der Waals surface area contributed by atoms with Gasteiger partial charge in [0.1, 0.15) is 0 Å². The number of hydrogen-bond acceptors (Lipinski definition) is 4. The van der Waals surface area contributed by atoms with Crippen LogP contribution in [-0.2, 0) is 4.74 Å². The lowest BCUT2D eigenvalue weighted by Gasteiger charge is -2.28. The first kappa shape index (κ1) is 13.3. The third kappa shape index (κ3) is 4.54. The molecule has 2 saturated heterocycles. The van der Waals surface area contributed by atoms with Gasteiger partial charge in [-0.2, -0.15) is 0 Å². The number of methoxy groups -OCH3 is 1. The highest BCUT2D eigenvalue weighted by Crippen LogP contribution is 2.19. The van der Waals surface area contributed by atoms with Crippen molar-refractivity contribution in [2.75, 3.05) is 66.1 Å². The first-order valence-electron chi connectivity index (χ1n) is 7.03. The van der Waals surface area contributed by atoms with E-state index in [1.54, 1.807) is 7.11 Å². The summed E-state index contributed by atoms with van der Waals surface area (Å²) in [5.74, 6) is 0.918. The molecule has 2 fully saturated rings. The standard InChI is InChI=1S/C13H27N3O/c1-17-11-10-16-7-3-13(12-16)2-6-15-8-4-14-5-9-15/h13-14H,2-12H2,1H3. The Kier molecular flexibility index (Phi) is 5.71. The lowest BCUT2D eigenvalue weighted by molar-refractivity contribution is 0.157. The Morgan fingerprint density at radius 2 is 1.94 bits per heavy atom. The van der Waals surface area contributed by atoms with Crippen molar-refractivity contribution >= 4 is 0 Å². The van der Waals surface area contributed by atoms with Gasteiger partial charge in [0.25, 0.3) is 0 Å². The molecule has 0 aliphatic carbocycles. The van der Waals surface area contributed by atoms with E-state index in [2.05, 4.69) is 15.1 Å². The van der Waals surface area contributed by atoms with E-state index in [9.17, 15) is 0 Å². The molecule has 4 nitrogen and oxygen atoms in total. The van der Waals surface area contributed by atoms with E-state index in [1.165, 1.54) is 58.7 Å². The number of nitrogens with one attached hydrogen (secondary N) is 1. The maximum absolute atomic E-state index is 5.14. The summed E-state index contributed by atoms with van der Waals surface area (Å²) in [5, 5.41) is 3.41. The summed E-state index contributed by atoms with van der Waals surface area (Å²) in [6.45, 7) is 10.7. The molecule has 0 amide bonds. The Bertz CT molecular complexity index is 207. The van der Waals surface area contributed by atoms with Gasteiger partial charge in [0.15, 0.2) is 0 Å². The van der Waals surface area contributed by atoms with Crippen LogP contribution in [0.2, 0.25) is 0 Å². The Balaban J connectivity index is 1.57. The zero-order valence-corrected chi connectivity index (χ0v) is 11.2. The number of hydrogen-bond donors (Lipinski definition) is 1. The van der Waals surface area contributed by atoms with Crippen molar-refractivity contribution in [2.24, 2.45) is 5.92 Å². The number of nitrogens with zero attached hydrogens (tertiary/aromatic N) is 2. The largest absolute Gasteiger partial charge is 0.383 e. The average Bonchev–Trinajstić information content (AvgIpc) is 2.83. The van der Waals surface area contributed by atoms with E-state index in [0.29, 0.717) is 0 Å². The van der Waals surface area contributed by atoms with E-state index < -0.39 is 0 Å². The molecule has 1 N–H and O–H groups in total. The maximum atomic E-state index is 5.14. The van der Waals surface area contributed by atoms with Crippen LogP contribution in [0.15, 0.2) is 0 Å². The number of piperazine rings is 1. The second kappa shape index (κ2) is 7.31. The van der Waals surface area contributed by atoms with Gasteiger partial charge in [0, 0.05) is 46.4 Å². The zero-order valence-electron chi connectivity index (χ0n) is 11.2. The number of ether oxygens (including phenoxy) is 1. The molecule has 17 heavy (non-hydrogen) atoms. The van der Waals surface area contributed by atoms with Crippen molar-refractivity contribution < 1.29 is 4.74 Å². The molecule has 0 saturated carbocycles. The van der Waals surface area contributed by atoms with Crippen molar-refractivity contribution in [1.29, 1.82) is 0 Å². The molecule has 2 aliphatic rings. The third-order valence-electron chi connectivity index (χ3n) is 4.04. The van der Waals surface area contributed by atoms with Gasteiger partial charge >= 0.3 is 0 Å². The lowest BCUT2D eigenvalue weighted by Crippen LogP contribution is -2.44. The first-order valence-corrected chi connectivity index (χ1v) is 7.03. The minimum Gasteiger partial charge on any atom is -0.383 e. The van der Waals surface area contributed by atoms with Gasteiger partial charge < -0.3 is 19.9 Å². The Labute approximate surface area is 105 Å². The summed E-state index contributed by atoms with van der Waals surface area (Å²) >= 11 is 0. The SMILES string of the molecule is COCCN1CCC(CCN2CCNCC2)C1. The summed E-state index contributed by atoms with van der Waals surface area (Å²) in [5.41, 5.74) is 0. The van der Waals surface area contributed by atoms with Gasteiger partial charge in [-0.3, -0.25) is 0 Å². The molecule has 2 heterocycles. The van der Waals surface area contributed by atoms with Crippen molar-refractivity contribution in [1.82, 2.24) is 15.1 Å². The van der Waals surface area contributed by atoms with Crippen LogP contribution >= 0.6 is 0 Å². The summed E-state index contributed by atoms with van der Waals surface area (Å²) in [4.78, 5) is 5.15. The molecule has 0 aromatic carbocycles. The minimum atomic E-state index is 0.879. The highest BCUT2D eigenvalue weighted by Gasteiger charge is 2.22. The molecule has 0 spiro atoms. The van der Waals surface area contributed by atoms with Gasteiger partial charge in [-0.15, -0.1) is 0 Å². The van der Waals surface area contributed by atoms with Crippen molar-refractivity contribution in [2.45, 2.75) is 12.8 Å². The monoisotopic (exact) mass is 241 g/mol. The summed E-state index contributed by atoms with van der Waals surface area (Å²) in [6.07, 6.45) is 2.76. The molecule has 4 heteroatoms. The molecular formula is C13H27N3O. The van der Waals surface area contributed by atoms with Gasteiger partial charge in [-0.05, 0) is 31.8 Å². The highest BCUT2D eigenvalue weighted by atomic mass is 16.5. The predicted molar refractivity (Wildman–Crippen MR) is 70.3 cm³/mol. The molecule has 1 atom stereocenters. The van der Waals surface area contributed by atoms with Crippen LogP contribution in [0.4, 0.5) is 0 Å². The topological polar surface area (TPSA) is 27.7 Å². The average molecular weight is 241 g/mol. The third-order valence-corrected chi connectivity index (χ3v) is 4.04. The fourth-order valence-electron chi connectivity index (χ4n) is 2.87.